The maximum absolute atomic E-state index is 12.2. The summed E-state index contributed by atoms with van der Waals surface area (Å²) in [6.07, 6.45) is 11.8. The maximum atomic E-state index is 12.2. The molecule has 1 heterocycles. The number of nitrogens with one attached hydrogen (secondary N) is 1. The molecule has 162 valence electrons. The van der Waals surface area contributed by atoms with Gasteiger partial charge in [0.15, 0.2) is 0 Å². The van der Waals surface area contributed by atoms with Gasteiger partial charge in [-0.15, -0.1) is 0 Å². The van der Waals surface area contributed by atoms with Crippen molar-refractivity contribution < 1.29 is 19.5 Å². The van der Waals surface area contributed by atoms with Crippen molar-refractivity contribution in [2.24, 2.45) is 34.5 Å². The highest BCUT2D eigenvalue weighted by molar-refractivity contribution is 5.85. The molecule has 0 radical (unpaired) electrons. The summed E-state index contributed by atoms with van der Waals surface area (Å²) in [6, 6.07) is 0.467. The van der Waals surface area contributed by atoms with E-state index in [1.165, 1.54) is 25.7 Å². The van der Waals surface area contributed by atoms with Gasteiger partial charge in [-0.1, -0.05) is 13.8 Å². The van der Waals surface area contributed by atoms with Crippen LogP contribution in [0.25, 0.3) is 0 Å². The second kappa shape index (κ2) is 6.80. The standard InChI is InChI=1S/C24H37NO4/c1-22-9-6-17(25-28-3)13-16(22)4-5-20-19(22)7-10-23(2)18(8-11-24(20,23)27)15-12-21(26)29-14-15/h12,16-20,25,27H,4-11,13-14H2,1-3H3/t16-,17+,18-,19+,20-,22+,23-,24+/m1/s1. The van der Waals surface area contributed by atoms with Crippen LogP contribution in [0.3, 0.4) is 0 Å². The number of carbonyl (C=O) groups is 1. The van der Waals surface area contributed by atoms with Gasteiger partial charge in [0.2, 0.25) is 0 Å². The van der Waals surface area contributed by atoms with Gasteiger partial charge < -0.3 is 14.7 Å². The Balaban J connectivity index is 1.41. The lowest BCUT2D eigenvalue weighted by molar-refractivity contribution is -0.206. The first-order chi connectivity index (χ1) is 13.8. The summed E-state index contributed by atoms with van der Waals surface area (Å²) < 4.78 is 5.23. The Labute approximate surface area is 174 Å². The zero-order valence-corrected chi connectivity index (χ0v) is 18.2. The van der Waals surface area contributed by atoms with Gasteiger partial charge in [-0.3, -0.25) is 0 Å². The lowest BCUT2D eigenvalue weighted by atomic mass is 9.43. The van der Waals surface area contributed by atoms with Gasteiger partial charge in [0, 0.05) is 17.5 Å². The van der Waals surface area contributed by atoms with Gasteiger partial charge in [-0.25, -0.2) is 4.79 Å². The fourth-order valence-corrected chi connectivity index (χ4v) is 8.68. The Kier molecular flexibility index (Phi) is 4.69. The van der Waals surface area contributed by atoms with E-state index in [0.717, 1.165) is 43.6 Å². The predicted molar refractivity (Wildman–Crippen MR) is 110 cm³/mol. The highest BCUT2D eigenvalue weighted by atomic mass is 16.6. The minimum Gasteiger partial charge on any atom is -0.458 e. The Morgan fingerprint density at radius 2 is 1.93 bits per heavy atom. The van der Waals surface area contributed by atoms with Crippen molar-refractivity contribution in [3.8, 4) is 0 Å². The van der Waals surface area contributed by atoms with Gasteiger partial charge >= 0.3 is 5.97 Å². The monoisotopic (exact) mass is 403 g/mol. The van der Waals surface area contributed by atoms with Crippen LogP contribution in [-0.2, 0) is 14.4 Å². The highest BCUT2D eigenvalue weighted by Gasteiger charge is 2.67. The molecule has 0 aromatic carbocycles. The summed E-state index contributed by atoms with van der Waals surface area (Å²) in [7, 11) is 1.72. The maximum Gasteiger partial charge on any atom is 0.331 e. The number of ether oxygens (including phenoxy) is 1. The van der Waals surface area contributed by atoms with Gasteiger partial charge in [-0.2, -0.15) is 5.48 Å². The molecule has 5 nitrogen and oxygen atoms in total. The van der Waals surface area contributed by atoms with E-state index < -0.39 is 5.60 Å². The van der Waals surface area contributed by atoms with E-state index >= 15 is 0 Å². The summed E-state index contributed by atoms with van der Waals surface area (Å²) in [6.45, 7) is 5.25. The van der Waals surface area contributed by atoms with E-state index in [1.54, 1.807) is 13.2 Å². The second-order valence-corrected chi connectivity index (χ2v) is 11.1. The molecule has 29 heavy (non-hydrogen) atoms. The van der Waals surface area contributed by atoms with Crippen molar-refractivity contribution in [1.29, 1.82) is 0 Å². The first kappa shape index (κ1) is 20.0. The van der Waals surface area contributed by atoms with Gasteiger partial charge in [0.05, 0.1) is 12.7 Å². The zero-order valence-electron chi connectivity index (χ0n) is 18.2. The zero-order chi connectivity index (χ0) is 20.4. The average Bonchev–Trinajstić information content (AvgIpc) is 3.23. The number of hydrogen-bond donors (Lipinski definition) is 2. The van der Waals surface area contributed by atoms with Gasteiger partial charge in [0.1, 0.15) is 6.61 Å². The van der Waals surface area contributed by atoms with Crippen LogP contribution in [0.4, 0.5) is 0 Å². The molecule has 5 heteroatoms. The Hall–Kier alpha value is -0.910. The van der Waals surface area contributed by atoms with Crippen LogP contribution in [0.1, 0.15) is 71.6 Å². The first-order valence-corrected chi connectivity index (χ1v) is 11.7. The van der Waals surface area contributed by atoms with E-state index in [2.05, 4.69) is 19.3 Å². The van der Waals surface area contributed by atoms with Crippen molar-refractivity contribution in [3.63, 3.8) is 0 Å². The molecular formula is C24H37NO4. The first-order valence-electron chi connectivity index (χ1n) is 11.7. The summed E-state index contributed by atoms with van der Waals surface area (Å²) in [4.78, 5) is 16.9. The molecule has 0 unspecified atom stereocenters. The average molecular weight is 404 g/mol. The van der Waals surface area contributed by atoms with Crippen molar-refractivity contribution in [1.82, 2.24) is 5.48 Å². The molecule has 5 rings (SSSR count). The molecule has 8 atom stereocenters. The highest BCUT2D eigenvalue weighted by Crippen LogP contribution is 2.69. The van der Waals surface area contributed by atoms with Crippen LogP contribution < -0.4 is 5.48 Å². The molecule has 4 aliphatic carbocycles. The van der Waals surface area contributed by atoms with Crippen LogP contribution in [0, 0.1) is 34.5 Å². The fourth-order valence-electron chi connectivity index (χ4n) is 8.68. The van der Waals surface area contributed by atoms with Gasteiger partial charge in [-0.05, 0) is 92.4 Å². The molecule has 0 aromatic rings. The summed E-state index contributed by atoms with van der Waals surface area (Å²) >= 11 is 0. The third kappa shape index (κ3) is 2.73. The number of hydroxylamine groups is 1. The molecule has 5 aliphatic rings. The smallest absolute Gasteiger partial charge is 0.331 e. The summed E-state index contributed by atoms with van der Waals surface area (Å²) in [5.41, 5.74) is 3.91. The third-order valence-electron chi connectivity index (χ3n) is 10.3. The normalized spacial score (nSPS) is 51.7. The predicted octanol–water partition coefficient (Wildman–Crippen LogP) is 3.76. The number of fused-ring (bicyclic) bond motifs is 5. The molecule has 2 N–H and O–H groups in total. The van der Waals surface area contributed by atoms with E-state index in [-0.39, 0.29) is 17.3 Å². The molecule has 4 saturated carbocycles. The number of esters is 1. The van der Waals surface area contributed by atoms with Crippen molar-refractivity contribution >= 4 is 5.97 Å². The van der Waals surface area contributed by atoms with E-state index in [4.69, 9.17) is 9.57 Å². The van der Waals surface area contributed by atoms with E-state index in [1.807, 2.05) is 0 Å². The van der Waals surface area contributed by atoms with Crippen molar-refractivity contribution in [2.45, 2.75) is 83.3 Å². The van der Waals surface area contributed by atoms with Crippen LogP contribution in [0.2, 0.25) is 0 Å². The molecule has 0 aromatic heterocycles. The minimum absolute atomic E-state index is 0.133. The quantitative estimate of drug-likeness (QED) is 0.555. The second-order valence-electron chi connectivity index (χ2n) is 11.1. The van der Waals surface area contributed by atoms with Crippen LogP contribution >= 0.6 is 0 Å². The molecule has 0 bridgehead atoms. The minimum atomic E-state index is -0.608. The number of carbonyl (C=O) groups excluding carboxylic acids is 1. The van der Waals surface area contributed by atoms with E-state index in [0.29, 0.717) is 29.9 Å². The van der Waals surface area contributed by atoms with Crippen LogP contribution in [0.15, 0.2) is 11.6 Å². The summed E-state index contributed by atoms with van der Waals surface area (Å²) in [5.74, 6) is 1.79. The molecular weight excluding hydrogens is 366 g/mol. The Bertz CT molecular complexity index is 722. The topological polar surface area (TPSA) is 67.8 Å². The molecule has 0 spiro atoms. The lowest BCUT2D eigenvalue weighted by Gasteiger charge is -2.63. The number of hydrogen-bond acceptors (Lipinski definition) is 5. The molecule has 4 fully saturated rings. The summed E-state index contributed by atoms with van der Waals surface area (Å²) in [5, 5.41) is 12.2. The van der Waals surface area contributed by atoms with Crippen LogP contribution in [-0.4, -0.2) is 36.4 Å². The van der Waals surface area contributed by atoms with Crippen molar-refractivity contribution in [3.05, 3.63) is 11.6 Å². The number of aliphatic hydroxyl groups is 1. The molecule has 0 saturated heterocycles. The molecule has 0 amide bonds. The van der Waals surface area contributed by atoms with Gasteiger partial charge in [0.25, 0.3) is 0 Å². The number of cyclic esters (lactones) is 1. The van der Waals surface area contributed by atoms with E-state index in [9.17, 15) is 9.90 Å². The fraction of sp³-hybridized carbons (Fsp3) is 0.875. The Morgan fingerprint density at radius 1 is 1.10 bits per heavy atom. The van der Waals surface area contributed by atoms with Crippen LogP contribution in [0.5, 0.6) is 0 Å². The SMILES string of the molecule is CON[C@H]1CC[C@@]2(C)[C@H](CC[C@@H]3[C@@H]2CC[C@]2(C)[C@@H](C4=CC(=O)OC4)CC[C@]32O)C1. The van der Waals surface area contributed by atoms with Crippen molar-refractivity contribution in [2.75, 3.05) is 13.7 Å². The molecule has 1 aliphatic heterocycles. The Morgan fingerprint density at radius 3 is 2.66 bits per heavy atom. The third-order valence-corrected chi connectivity index (χ3v) is 10.3. The lowest BCUT2D eigenvalue weighted by Crippen LogP contribution is -2.62. The number of rotatable bonds is 3. The largest absolute Gasteiger partial charge is 0.458 e.